The van der Waals surface area contributed by atoms with E-state index in [0.717, 1.165) is 11.8 Å². The molecule has 150 valence electrons. The van der Waals surface area contributed by atoms with Gasteiger partial charge in [0, 0.05) is 24.3 Å². The Morgan fingerprint density at radius 2 is 2.03 bits per heavy atom. The number of thioether (sulfide) groups is 1. The van der Waals surface area contributed by atoms with Gasteiger partial charge in [0.15, 0.2) is 5.95 Å². The molecule has 1 N–H and O–H groups in total. The van der Waals surface area contributed by atoms with Crippen LogP contribution in [0.1, 0.15) is 5.56 Å². The van der Waals surface area contributed by atoms with E-state index < -0.39 is 16.8 Å². The van der Waals surface area contributed by atoms with E-state index in [1.807, 2.05) is 0 Å². The lowest BCUT2D eigenvalue weighted by Crippen LogP contribution is -2.35. The molecule has 1 heterocycles. The minimum Gasteiger partial charge on any atom is -0.538 e. The van der Waals surface area contributed by atoms with Gasteiger partial charge in [0.1, 0.15) is 5.75 Å². The normalized spacial score (nSPS) is 10.6. The number of hydrogen-bond donors (Lipinski definition) is 1. The van der Waals surface area contributed by atoms with Crippen LogP contribution in [0.25, 0.3) is 5.69 Å². The molecule has 0 saturated heterocycles. The third-order valence-electron chi connectivity index (χ3n) is 3.94. The van der Waals surface area contributed by atoms with E-state index in [-0.39, 0.29) is 16.5 Å². The molecule has 11 heteroatoms. The van der Waals surface area contributed by atoms with E-state index >= 15 is 0 Å². The summed E-state index contributed by atoms with van der Waals surface area (Å²) in [5, 5.41) is 29.3. The topological polar surface area (TPSA) is 134 Å². The minimum absolute atomic E-state index is 0.116. The fourth-order valence-corrected chi connectivity index (χ4v) is 3.18. The van der Waals surface area contributed by atoms with Crippen molar-refractivity contribution in [2.75, 3.05) is 18.2 Å². The Labute approximate surface area is 169 Å². The van der Waals surface area contributed by atoms with Crippen molar-refractivity contribution in [2.45, 2.75) is 11.9 Å². The van der Waals surface area contributed by atoms with Gasteiger partial charge in [0.25, 0.3) is 10.7 Å². The van der Waals surface area contributed by atoms with Gasteiger partial charge in [-0.2, -0.15) is 0 Å². The molecular weight excluding hydrogens is 400 g/mol. The standard InChI is InChI=1S/C18H16N4O6S/c1-11-3-4-13(22(25)26)9-15(11)19-16(23)10-29-17-18(24)28-20-21(17)12-5-7-14(27-2)8-6-12/h3-9H,10H2,1-2H3,(H-,19,20,23,24). The van der Waals surface area contributed by atoms with Crippen LogP contribution in [0.2, 0.25) is 0 Å². The molecule has 0 unspecified atom stereocenters. The molecule has 0 aliphatic rings. The van der Waals surface area contributed by atoms with Crippen LogP contribution in [-0.2, 0) is 4.79 Å². The molecule has 0 aliphatic carbocycles. The van der Waals surface area contributed by atoms with Crippen molar-refractivity contribution in [3.8, 4) is 17.4 Å². The largest absolute Gasteiger partial charge is 0.538 e. The monoisotopic (exact) mass is 416 g/mol. The summed E-state index contributed by atoms with van der Waals surface area (Å²) in [5.74, 6) is -0.582. The number of nitrogens with one attached hydrogen (secondary N) is 1. The molecule has 0 bridgehead atoms. The molecule has 10 nitrogen and oxygen atoms in total. The summed E-state index contributed by atoms with van der Waals surface area (Å²) >= 11 is 0.946. The van der Waals surface area contributed by atoms with Crippen molar-refractivity contribution >= 4 is 29.0 Å². The first-order chi connectivity index (χ1) is 13.9. The van der Waals surface area contributed by atoms with Gasteiger partial charge in [0.2, 0.25) is 11.6 Å². The molecule has 0 aliphatic heterocycles. The number of hydrogen-bond acceptors (Lipinski definition) is 8. The van der Waals surface area contributed by atoms with Crippen LogP contribution in [0, 0.1) is 17.0 Å². The van der Waals surface area contributed by atoms with E-state index in [1.54, 1.807) is 37.3 Å². The lowest BCUT2D eigenvalue weighted by molar-refractivity contribution is -0.705. The highest BCUT2D eigenvalue weighted by atomic mass is 32.2. The number of ether oxygens (including phenoxy) is 1. The lowest BCUT2D eigenvalue weighted by Gasteiger charge is -2.07. The van der Waals surface area contributed by atoms with Crippen LogP contribution in [0.5, 0.6) is 11.7 Å². The number of non-ortho nitro benzene ring substituents is 1. The molecule has 3 aromatic rings. The predicted molar refractivity (Wildman–Crippen MR) is 101 cm³/mol. The van der Waals surface area contributed by atoms with Gasteiger partial charge in [-0.25, -0.2) is 0 Å². The Hall–Kier alpha value is -3.60. The molecule has 0 fully saturated rings. The van der Waals surface area contributed by atoms with Crippen molar-refractivity contribution < 1.29 is 28.8 Å². The van der Waals surface area contributed by atoms with E-state index in [9.17, 15) is 20.0 Å². The van der Waals surface area contributed by atoms with Crippen molar-refractivity contribution in [1.82, 2.24) is 5.27 Å². The minimum atomic E-state index is -0.676. The number of anilines is 1. The first-order valence-corrected chi connectivity index (χ1v) is 9.28. The van der Waals surface area contributed by atoms with Crippen molar-refractivity contribution in [1.29, 1.82) is 0 Å². The highest BCUT2D eigenvalue weighted by molar-refractivity contribution is 7.99. The lowest BCUT2D eigenvalue weighted by atomic mass is 10.2. The molecule has 3 rings (SSSR count). The quantitative estimate of drug-likeness (QED) is 0.267. The van der Waals surface area contributed by atoms with E-state index in [4.69, 9.17) is 9.26 Å². The van der Waals surface area contributed by atoms with Gasteiger partial charge in [-0.05, 0) is 41.1 Å². The SMILES string of the molecule is COc1ccc(-[n+]2noc([O-])c2SCC(=O)Nc2cc([N+](=O)[O-])ccc2C)cc1. The number of aryl methyl sites for hydroxylation is 1. The highest BCUT2D eigenvalue weighted by Gasteiger charge is 2.22. The fourth-order valence-electron chi connectivity index (χ4n) is 2.43. The van der Waals surface area contributed by atoms with E-state index in [1.165, 1.54) is 23.9 Å². The van der Waals surface area contributed by atoms with Crippen LogP contribution in [0.4, 0.5) is 11.4 Å². The second-order valence-corrected chi connectivity index (χ2v) is 6.83. The molecular formula is C18H16N4O6S. The Morgan fingerprint density at radius 1 is 1.31 bits per heavy atom. The van der Waals surface area contributed by atoms with E-state index in [0.29, 0.717) is 22.7 Å². The van der Waals surface area contributed by atoms with Crippen LogP contribution < -0.4 is 19.8 Å². The summed E-state index contributed by atoms with van der Waals surface area (Å²) in [4.78, 5) is 22.7. The summed E-state index contributed by atoms with van der Waals surface area (Å²) in [7, 11) is 1.54. The van der Waals surface area contributed by atoms with Gasteiger partial charge in [-0.1, -0.05) is 6.07 Å². The van der Waals surface area contributed by atoms with Gasteiger partial charge in [-0.15, -0.1) is 0 Å². The van der Waals surface area contributed by atoms with Crippen LogP contribution in [0.15, 0.2) is 52.0 Å². The molecule has 0 spiro atoms. The molecule has 0 radical (unpaired) electrons. The zero-order chi connectivity index (χ0) is 21.0. The number of carbonyl (C=O) groups excluding carboxylic acids is 1. The van der Waals surface area contributed by atoms with Gasteiger partial charge >= 0.3 is 0 Å². The van der Waals surface area contributed by atoms with E-state index in [2.05, 4.69) is 10.6 Å². The third-order valence-corrected chi connectivity index (χ3v) is 4.95. The summed E-state index contributed by atoms with van der Waals surface area (Å²) in [5.41, 5.74) is 1.45. The Balaban J connectivity index is 1.72. The number of carbonyl (C=O) groups is 1. The summed E-state index contributed by atoms with van der Waals surface area (Å²) in [6, 6.07) is 11.0. The maximum Gasteiger partial charge on any atom is 0.298 e. The van der Waals surface area contributed by atoms with Crippen LogP contribution in [0.3, 0.4) is 0 Å². The maximum absolute atomic E-state index is 12.3. The number of nitro groups is 1. The maximum atomic E-state index is 12.3. The van der Waals surface area contributed by atoms with Crippen LogP contribution >= 0.6 is 11.8 Å². The second-order valence-electron chi connectivity index (χ2n) is 5.87. The zero-order valence-electron chi connectivity index (χ0n) is 15.4. The molecule has 29 heavy (non-hydrogen) atoms. The summed E-state index contributed by atoms with van der Waals surface area (Å²) < 4.78 is 11.1. The molecule has 0 atom stereocenters. The number of nitro benzene ring substituents is 1. The average Bonchev–Trinajstić information content (AvgIpc) is 3.08. The van der Waals surface area contributed by atoms with Crippen molar-refractivity contribution in [2.24, 2.45) is 0 Å². The van der Waals surface area contributed by atoms with Gasteiger partial charge < -0.3 is 19.7 Å². The Bertz CT molecular complexity index is 1050. The van der Waals surface area contributed by atoms with Crippen molar-refractivity contribution in [3.63, 3.8) is 0 Å². The first-order valence-electron chi connectivity index (χ1n) is 8.30. The summed E-state index contributed by atoms with van der Waals surface area (Å²) in [6.07, 6.45) is 0. The van der Waals surface area contributed by atoms with Gasteiger partial charge in [-0.3, -0.25) is 14.9 Å². The number of rotatable bonds is 7. The zero-order valence-corrected chi connectivity index (χ0v) is 16.3. The highest BCUT2D eigenvalue weighted by Crippen LogP contribution is 2.25. The average molecular weight is 416 g/mol. The third kappa shape index (κ3) is 4.63. The Kier molecular flexibility index (Phi) is 5.98. The molecule has 0 saturated carbocycles. The Morgan fingerprint density at radius 3 is 2.69 bits per heavy atom. The van der Waals surface area contributed by atoms with Crippen LogP contribution in [-0.4, -0.2) is 29.0 Å². The van der Waals surface area contributed by atoms with Gasteiger partial charge in [0.05, 0.1) is 28.7 Å². The fraction of sp³-hybridized carbons (Fsp3) is 0.167. The van der Waals surface area contributed by atoms with Crippen molar-refractivity contribution in [3.05, 3.63) is 58.1 Å². The number of methoxy groups -OCH3 is 1. The summed E-state index contributed by atoms with van der Waals surface area (Å²) in [6.45, 7) is 1.72. The number of nitrogens with zero attached hydrogens (tertiary/aromatic N) is 3. The predicted octanol–water partition coefficient (Wildman–Crippen LogP) is 1.98. The number of aromatic nitrogens is 2. The number of amides is 1. The molecule has 1 aromatic heterocycles. The molecule has 1 amide bonds. The first kappa shape index (κ1) is 20.1. The second kappa shape index (κ2) is 8.61. The number of benzene rings is 2. The molecule has 2 aromatic carbocycles. The smallest absolute Gasteiger partial charge is 0.298 e.